The van der Waals surface area contributed by atoms with Crippen molar-refractivity contribution in [3.63, 3.8) is 0 Å². The molecule has 1 aliphatic rings. The van der Waals surface area contributed by atoms with E-state index in [-0.39, 0.29) is 37.0 Å². The first-order valence-electron chi connectivity index (χ1n) is 8.39. The molecule has 0 spiro atoms. The lowest BCUT2D eigenvalue weighted by molar-refractivity contribution is -0.156. The van der Waals surface area contributed by atoms with Gasteiger partial charge in [0.15, 0.2) is 0 Å². The third-order valence-electron chi connectivity index (χ3n) is 3.81. The molecule has 0 aliphatic heterocycles. The summed E-state index contributed by atoms with van der Waals surface area (Å²) < 4.78 is 20.7. The number of carbonyl (C=O) groups excluding carboxylic acids is 2. The minimum Gasteiger partial charge on any atom is -0.463 e. The highest BCUT2D eigenvalue weighted by atomic mass is 16.6. The van der Waals surface area contributed by atoms with E-state index in [0.717, 1.165) is 0 Å². The Morgan fingerprint density at radius 2 is 1.12 bits per heavy atom. The van der Waals surface area contributed by atoms with Crippen molar-refractivity contribution in [1.29, 1.82) is 0 Å². The van der Waals surface area contributed by atoms with E-state index >= 15 is 0 Å². The number of ether oxygens (including phenoxy) is 4. The highest BCUT2D eigenvalue weighted by Crippen LogP contribution is 2.30. The van der Waals surface area contributed by atoms with Crippen molar-refractivity contribution in [2.75, 3.05) is 39.6 Å². The third kappa shape index (κ3) is 8.26. The Morgan fingerprint density at radius 1 is 0.750 bits per heavy atom. The van der Waals surface area contributed by atoms with Gasteiger partial charge in [0, 0.05) is 0 Å². The molecular weight excluding hydrogens is 312 g/mol. The van der Waals surface area contributed by atoms with Crippen LogP contribution < -0.4 is 0 Å². The first kappa shape index (κ1) is 20.4. The first-order valence-corrected chi connectivity index (χ1v) is 8.39. The van der Waals surface area contributed by atoms with Crippen molar-refractivity contribution >= 4 is 11.9 Å². The molecule has 0 aromatic carbocycles. The fourth-order valence-electron chi connectivity index (χ4n) is 2.54. The quantitative estimate of drug-likeness (QED) is 0.308. The van der Waals surface area contributed by atoms with E-state index in [1.54, 1.807) is 12.2 Å². The van der Waals surface area contributed by atoms with Gasteiger partial charge in [-0.1, -0.05) is 12.2 Å². The van der Waals surface area contributed by atoms with Crippen molar-refractivity contribution in [2.45, 2.75) is 25.7 Å². The first-order chi connectivity index (χ1) is 11.7. The van der Waals surface area contributed by atoms with Crippen LogP contribution in [0.2, 0.25) is 0 Å². The van der Waals surface area contributed by atoms with Crippen molar-refractivity contribution in [3.8, 4) is 0 Å². The summed E-state index contributed by atoms with van der Waals surface area (Å²) in [5.74, 6) is -0.683. The molecule has 1 fully saturated rings. The summed E-state index contributed by atoms with van der Waals surface area (Å²) >= 11 is 0. The van der Waals surface area contributed by atoms with Crippen LogP contribution in [0.3, 0.4) is 0 Å². The Morgan fingerprint density at radius 3 is 1.46 bits per heavy atom. The van der Waals surface area contributed by atoms with Gasteiger partial charge in [0.25, 0.3) is 0 Å². The fourth-order valence-corrected chi connectivity index (χ4v) is 2.54. The molecule has 0 aromatic rings. The summed E-state index contributed by atoms with van der Waals surface area (Å²) in [6.45, 7) is 9.21. The molecule has 0 unspecified atom stereocenters. The molecule has 0 N–H and O–H groups in total. The summed E-state index contributed by atoms with van der Waals surface area (Å²) in [4.78, 5) is 23.9. The van der Waals surface area contributed by atoms with Gasteiger partial charge in [0.1, 0.15) is 13.2 Å². The third-order valence-corrected chi connectivity index (χ3v) is 3.81. The van der Waals surface area contributed by atoms with E-state index < -0.39 is 0 Å². The number of hydrogen-bond donors (Lipinski definition) is 0. The number of esters is 2. The van der Waals surface area contributed by atoms with E-state index in [2.05, 4.69) is 13.2 Å². The number of rotatable bonds is 12. The molecule has 24 heavy (non-hydrogen) atoms. The molecule has 0 heterocycles. The number of carbonyl (C=O) groups is 2. The molecule has 6 heteroatoms. The van der Waals surface area contributed by atoms with Crippen LogP contribution in [0.15, 0.2) is 25.3 Å². The largest absolute Gasteiger partial charge is 0.463 e. The summed E-state index contributed by atoms with van der Waals surface area (Å²) in [7, 11) is 0. The van der Waals surface area contributed by atoms with E-state index in [1.807, 2.05) is 0 Å². The van der Waals surface area contributed by atoms with Crippen LogP contribution in [-0.4, -0.2) is 51.6 Å². The fraction of sp³-hybridized carbons (Fsp3) is 0.667. The van der Waals surface area contributed by atoms with Gasteiger partial charge in [0.05, 0.1) is 38.3 Å². The van der Waals surface area contributed by atoms with Crippen LogP contribution in [0.1, 0.15) is 25.7 Å². The van der Waals surface area contributed by atoms with Gasteiger partial charge in [-0.15, -0.1) is 13.2 Å². The van der Waals surface area contributed by atoms with Crippen LogP contribution in [0.5, 0.6) is 0 Å². The molecule has 0 saturated heterocycles. The predicted molar refractivity (Wildman–Crippen MR) is 89.4 cm³/mol. The number of hydrogen-bond acceptors (Lipinski definition) is 6. The maximum atomic E-state index is 11.9. The molecule has 0 atom stereocenters. The smallest absolute Gasteiger partial charge is 0.309 e. The molecule has 0 amide bonds. The van der Waals surface area contributed by atoms with Gasteiger partial charge in [-0.05, 0) is 25.7 Å². The Bertz CT molecular complexity index is 360. The normalized spacial score (nSPS) is 20.2. The Labute approximate surface area is 143 Å². The maximum absolute atomic E-state index is 11.9. The average molecular weight is 340 g/mol. The van der Waals surface area contributed by atoms with Crippen LogP contribution in [0, 0.1) is 11.8 Å². The zero-order chi connectivity index (χ0) is 17.6. The molecule has 6 nitrogen and oxygen atoms in total. The van der Waals surface area contributed by atoms with Crippen molar-refractivity contribution < 1.29 is 28.5 Å². The monoisotopic (exact) mass is 340 g/mol. The van der Waals surface area contributed by atoms with E-state index in [9.17, 15) is 9.59 Å². The van der Waals surface area contributed by atoms with Gasteiger partial charge in [-0.3, -0.25) is 9.59 Å². The van der Waals surface area contributed by atoms with Crippen LogP contribution in [-0.2, 0) is 28.5 Å². The zero-order valence-corrected chi connectivity index (χ0v) is 14.2. The molecule has 1 rings (SSSR count). The molecule has 0 aromatic heterocycles. The van der Waals surface area contributed by atoms with Crippen LogP contribution in [0.25, 0.3) is 0 Å². The zero-order valence-electron chi connectivity index (χ0n) is 14.2. The Balaban J connectivity index is 2.13. The molecule has 0 bridgehead atoms. The van der Waals surface area contributed by atoms with Gasteiger partial charge in [0.2, 0.25) is 0 Å². The SMILES string of the molecule is C=CCOCCOC(=O)C1CCC(C(=O)OCCOCC=C)CC1. The lowest BCUT2D eigenvalue weighted by Gasteiger charge is -2.25. The second kappa shape index (κ2) is 12.7. The second-order valence-electron chi connectivity index (χ2n) is 5.61. The summed E-state index contributed by atoms with van der Waals surface area (Å²) in [5.41, 5.74) is 0. The summed E-state index contributed by atoms with van der Waals surface area (Å²) in [6, 6.07) is 0. The standard InChI is InChI=1S/C18H28O6/c1-3-9-21-11-13-23-17(19)15-5-7-16(8-6-15)18(20)24-14-12-22-10-4-2/h3-4,15-16H,1-2,5-14H2. The van der Waals surface area contributed by atoms with Gasteiger partial charge in [-0.25, -0.2) is 0 Å². The minimum atomic E-state index is -0.207. The summed E-state index contributed by atoms with van der Waals surface area (Å²) in [5, 5.41) is 0. The Kier molecular flexibility index (Phi) is 10.8. The van der Waals surface area contributed by atoms with Crippen molar-refractivity contribution in [2.24, 2.45) is 11.8 Å². The van der Waals surface area contributed by atoms with Crippen molar-refractivity contribution in [1.82, 2.24) is 0 Å². The highest BCUT2D eigenvalue weighted by molar-refractivity contribution is 5.75. The Hall–Kier alpha value is -1.66. The highest BCUT2D eigenvalue weighted by Gasteiger charge is 2.31. The maximum Gasteiger partial charge on any atom is 0.309 e. The molecule has 1 saturated carbocycles. The summed E-state index contributed by atoms with van der Waals surface area (Å²) in [6.07, 6.45) is 5.90. The molecule has 136 valence electrons. The van der Waals surface area contributed by atoms with Gasteiger partial charge >= 0.3 is 11.9 Å². The predicted octanol–water partition coefficient (Wildman–Crippen LogP) is 2.28. The molecule has 1 aliphatic carbocycles. The topological polar surface area (TPSA) is 71.1 Å². The lowest BCUT2D eigenvalue weighted by Crippen LogP contribution is -2.29. The van der Waals surface area contributed by atoms with E-state index in [0.29, 0.717) is 52.1 Å². The van der Waals surface area contributed by atoms with E-state index in [1.165, 1.54) is 0 Å². The van der Waals surface area contributed by atoms with E-state index in [4.69, 9.17) is 18.9 Å². The average Bonchev–Trinajstić information content (AvgIpc) is 2.61. The molecular formula is C18H28O6. The lowest BCUT2D eigenvalue weighted by atomic mass is 9.82. The minimum absolute atomic E-state index is 0.135. The van der Waals surface area contributed by atoms with Crippen LogP contribution in [0.4, 0.5) is 0 Å². The van der Waals surface area contributed by atoms with Crippen molar-refractivity contribution in [3.05, 3.63) is 25.3 Å². The van der Waals surface area contributed by atoms with Gasteiger partial charge in [-0.2, -0.15) is 0 Å². The molecule has 0 radical (unpaired) electrons. The van der Waals surface area contributed by atoms with Crippen LogP contribution >= 0.6 is 0 Å². The second-order valence-corrected chi connectivity index (χ2v) is 5.61. The van der Waals surface area contributed by atoms with Gasteiger partial charge < -0.3 is 18.9 Å².